The minimum Gasteiger partial charge on any atom is -0.481 e. The molecule has 1 aromatic carbocycles. The molecule has 1 aliphatic carbocycles. The molecule has 0 amide bonds. The third-order valence-corrected chi connectivity index (χ3v) is 3.82. The van der Waals surface area contributed by atoms with Crippen LogP contribution in [0.3, 0.4) is 0 Å². The van der Waals surface area contributed by atoms with Crippen molar-refractivity contribution in [2.24, 2.45) is 5.92 Å². The number of carboxylic acid groups (broad SMARTS) is 1. The van der Waals surface area contributed by atoms with Crippen LogP contribution in [0.4, 0.5) is 0 Å². The Balaban J connectivity index is 1.93. The summed E-state index contributed by atoms with van der Waals surface area (Å²) in [4.78, 5) is 10.7. The summed E-state index contributed by atoms with van der Waals surface area (Å²) < 4.78 is 0. The van der Waals surface area contributed by atoms with Crippen LogP contribution in [-0.2, 0) is 4.79 Å². The van der Waals surface area contributed by atoms with Crippen molar-refractivity contribution in [3.63, 3.8) is 0 Å². The van der Waals surface area contributed by atoms with Crippen LogP contribution in [0.5, 0.6) is 0 Å². The third kappa shape index (κ3) is 3.32. The van der Waals surface area contributed by atoms with E-state index in [-0.39, 0.29) is 0 Å². The number of benzene rings is 1. The first-order valence-electron chi connectivity index (χ1n) is 6.43. The average Bonchev–Trinajstić information content (AvgIpc) is 2.29. The normalized spacial score (nSPS) is 24.5. The molecule has 1 fully saturated rings. The molecule has 1 saturated carbocycles. The Morgan fingerprint density at radius 2 is 2.00 bits per heavy atom. The van der Waals surface area contributed by atoms with Crippen LogP contribution in [-0.4, -0.2) is 11.1 Å². The monoisotopic (exact) mass is 232 g/mol. The van der Waals surface area contributed by atoms with Crippen molar-refractivity contribution in [3.05, 3.63) is 35.4 Å². The molecule has 2 rings (SSSR count). The van der Waals surface area contributed by atoms with Gasteiger partial charge in [0.15, 0.2) is 0 Å². The smallest absolute Gasteiger partial charge is 0.303 e. The van der Waals surface area contributed by atoms with Gasteiger partial charge in [-0.1, -0.05) is 29.8 Å². The van der Waals surface area contributed by atoms with E-state index in [2.05, 4.69) is 31.2 Å². The van der Waals surface area contributed by atoms with Crippen LogP contribution in [0.1, 0.15) is 49.1 Å². The summed E-state index contributed by atoms with van der Waals surface area (Å²) in [5.41, 5.74) is 2.74. The molecule has 0 atom stereocenters. The second-order valence-electron chi connectivity index (χ2n) is 5.23. The highest BCUT2D eigenvalue weighted by atomic mass is 16.4. The Hall–Kier alpha value is -1.31. The summed E-state index contributed by atoms with van der Waals surface area (Å²) in [6.07, 6.45) is 4.75. The lowest BCUT2D eigenvalue weighted by Crippen LogP contribution is -2.16. The lowest BCUT2D eigenvalue weighted by Gasteiger charge is -2.28. The maximum Gasteiger partial charge on any atom is 0.303 e. The van der Waals surface area contributed by atoms with E-state index in [1.54, 1.807) is 0 Å². The average molecular weight is 232 g/mol. The third-order valence-electron chi connectivity index (χ3n) is 3.82. The van der Waals surface area contributed by atoms with Crippen molar-refractivity contribution >= 4 is 5.97 Å². The predicted octanol–water partition coefficient (Wildman–Crippen LogP) is 3.74. The van der Waals surface area contributed by atoms with E-state index in [1.807, 2.05) is 0 Å². The lowest BCUT2D eigenvalue weighted by molar-refractivity contribution is -0.138. The molecule has 92 valence electrons. The van der Waals surface area contributed by atoms with Gasteiger partial charge >= 0.3 is 5.97 Å². The van der Waals surface area contributed by atoms with Crippen molar-refractivity contribution in [1.82, 2.24) is 0 Å². The van der Waals surface area contributed by atoms with Gasteiger partial charge in [-0.25, -0.2) is 0 Å². The van der Waals surface area contributed by atoms with E-state index in [0.29, 0.717) is 18.3 Å². The Labute approximate surface area is 103 Å². The van der Waals surface area contributed by atoms with Crippen molar-refractivity contribution in [1.29, 1.82) is 0 Å². The van der Waals surface area contributed by atoms with Gasteiger partial charge in [0.25, 0.3) is 0 Å². The molecule has 2 heteroatoms. The van der Waals surface area contributed by atoms with Crippen molar-refractivity contribution in [2.75, 3.05) is 0 Å². The van der Waals surface area contributed by atoms with Gasteiger partial charge in [-0.15, -0.1) is 0 Å². The molecule has 0 aromatic heterocycles. The first-order chi connectivity index (χ1) is 8.15. The van der Waals surface area contributed by atoms with Gasteiger partial charge in [0, 0.05) is 6.42 Å². The Morgan fingerprint density at radius 3 is 2.59 bits per heavy atom. The van der Waals surface area contributed by atoms with Gasteiger partial charge in [-0.05, 0) is 50.0 Å². The van der Waals surface area contributed by atoms with Crippen LogP contribution in [0.25, 0.3) is 0 Å². The summed E-state index contributed by atoms with van der Waals surface area (Å²) in [7, 11) is 0. The molecule has 0 bridgehead atoms. The van der Waals surface area contributed by atoms with E-state index in [4.69, 9.17) is 5.11 Å². The number of aryl methyl sites for hydroxylation is 1. The standard InChI is InChI=1S/C15H20O2/c1-11-3-2-4-14(9-11)13-7-5-12(6-8-13)10-15(16)17/h2-4,9,12-13H,5-8,10H2,1H3,(H,16,17). The fourth-order valence-corrected chi connectivity index (χ4v) is 2.87. The summed E-state index contributed by atoms with van der Waals surface area (Å²) in [5, 5.41) is 8.79. The molecule has 17 heavy (non-hydrogen) atoms. The van der Waals surface area contributed by atoms with Crippen LogP contribution in [0.2, 0.25) is 0 Å². The maximum atomic E-state index is 10.7. The fraction of sp³-hybridized carbons (Fsp3) is 0.533. The number of hydrogen-bond donors (Lipinski definition) is 1. The van der Waals surface area contributed by atoms with Crippen molar-refractivity contribution in [3.8, 4) is 0 Å². The quantitative estimate of drug-likeness (QED) is 0.861. The Bertz CT molecular complexity index is 390. The number of carbonyl (C=O) groups is 1. The fourth-order valence-electron chi connectivity index (χ4n) is 2.87. The van der Waals surface area contributed by atoms with E-state index in [9.17, 15) is 4.79 Å². The predicted molar refractivity (Wildman–Crippen MR) is 68.1 cm³/mol. The number of aliphatic carboxylic acids is 1. The first kappa shape index (κ1) is 12.2. The van der Waals surface area contributed by atoms with Gasteiger partial charge in [0.2, 0.25) is 0 Å². The van der Waals surface area contributed by atoms with Gasteiger partial charge in [0.05, 0.1) is 0 Å². The molecule has 0 aliphatic heterocycles. The van der Waals surface area contributed by atoms with Crippen LogP contribution < -0.4 is 0 Å². The zero-order valence-corrected chi connectivity index (χ0v) is 10.4. The number of carboxylic acids is 1. The molecule has 1 aromatic rings. The topological polar surface area (TPSA) is 37.3 Å². The van der Waals surface area contributed by atoms with E-state index in [0.717, 1.165) is 25.7 Å². The second kappa shape index (κ2) is 5.35. The molecule has 1 aliphatic rings. The molecule has 1 N–H and O–H groups in total. The SMILES string of the molecule is Cc1cccc(C2CCC(CC(=O)O)CC2)c1. The van der Waals surface area contributed by atoms with Gasteiger partial charge in [-0.3, -0.25) is 4.79 Å². The first-order valence-corrected chi connectivity index (χ1v) is 6.43. The summed E-state index contributed by atoms with van der Waals surface area (Å²) in [6, 6.07) is 8.71. The Morgan fingerprint density at radius 1 is 1.29 bits per heavy atom. The zero-order valence-electron chi connectivity index (χ0n) is 10.4. The summed E-state index contributed by atoms with van der Waals surface area (Å²) >= 11 is 0. The van der Waals surface area contributed by atoms with Crippen LogP contribution >= 0.6 is 0 Å². The minimum atomic E-state index is -0.649. The van der Waals surface area contributed by atoms with Crippen molar-refractivity contribution < 1.29 is 9.90 Å². The highest BCUT2D eigenvalue weighted by Crippen LogP contribution is 2.37. The molecular formula is C15H20O2. The zero-order chi connectivity index (χ0) is 12.3. The maximum absolute atomic E-state index is 10.7. The second-order valence-corrected chi connectivity index (χ2v) is 5.23. The minimum absolute atomic E-state index is 0.348. The largest absolute Gasteiger partial charge is 0.481 e. The highest BCUT2D eigenvalue weighted by Gasteiger charge is 2.23. The van der Waals surface area contributed by atoms with E-state index in [1.165, 1.54) is 11.1 Å². The van der Waals surface area contributed by atoms with Crippen molar-refractivity contribution in [2.45, 2.75) is 44.9 Å². The van der Waals surface area contributed by atoms with Gasteiger partial charge < -0.3 is 5.11 Å². The summed E-state index contributed by atoms with van der Waals surface area (Å²) in [6.45, 7) is 2.12. The molecule has 0 heterocycles. The molecule has 0 saturated heterocycles. The van der Waals surface area contributed by atoms with Crippen LogP contribution in [0.15, 0.2) is 24.3 Å². The highest BCUT2D eigenvalue weighted by molar-refractivity contribution is 5.67. The van der Waals surface area contributed by atoms with E-state index < -0.39 is 5.97 Å². The molecule has 0 spiro atoms. The van der Waals surface area contributed by atoms with Crippen LogP contribution in [0, 0.1) is 12.8 Å². The molecular weight excluding hydrogens is 212 g/mol. The van der Waals surface area contributed by atoms with Gasteiger partial charge in [-0.2, -0.15) is 0 Å². The summed E-state index contributed by atoms with van der Waals surface area (Å²) in [5.74, 6) is 0.387. The van der Waals surface area contributed by atoms with Gasteiger partial charge in [0.1, 0.15) is 0 Å². The Kier molecular flexibility index (Phi) is 3.82. The molecule has 2 nitrogen and oxygen atoms in total. The number of hydrogen-bond acceptors (Lipinski definition) is 1. The molecule has 0 unspecified atom stereocenters. The molecule has 0 radical (unpaired) electrons. The lowest BCUT2D eigenvalue weighted by atomic mass is 9.77. The van der Waals surface area contributed by atoms with E-state index >= 15 is 0 Å². The number of rotatable bonds is 3.